The van der Waals surface area contributed by atoms with Gasteiger partial charge in [0.05, 0.1) is 31.9 Å². The number of carbonyl (C=O) groups is 1. The average Bonchev–Trinajstić information content (AvgIpc) is 2.14. The van der Waals surface area contributed by atoms with Crippen LogP contribution in [0, 0.1) is 0 Å². The van der Waals surface area contributed by atoms with Crippen molar-refractivity contribution in [1.29, 1.82) is 0 Å². The number of hydrogen-bond acceptors (Lipinski definition) is 4. The zero-order valence-corrected chi connectivity index (χ0v) is 10.4. The van der Waals surface area contributed by atoms with Crippen LogP contribution in [0.5, 0.6) is 0 Å². The first-order valence-electron chi connectivity index (χ1n) is 5.56. The van der Waals surface area contributed by atoms with Gasteiger partial charge in [0.1, 0.15) is 5.60 Å². The Morgan fingerprint density at radius 2 is 2.12 bits per heavy atom. The molecule has 1 N–H and O–H groups in total. The van der Waals surface area contributed by atoms with Crippen molar-refractivity contribution in [2.45, 2.75) is 45.5 Å². The summed E-state index contributed by atoms with van der Waals surface area (Å²) in [5.74, 6) is 0. The van der Waals surface area contributed by atoms with Crippen molar-refractivity contribution in [1.82, 2.24) is 4.90 Å². The van der Waals surface area contributed by atoms with Crippen LogP contribution in [0.15, 0.2) is 0 Å². The number of hydrogen-bond donors (Lipinski definition) is 1. The molecule has 5 heteroatoms. The van der Waals surface area contributed by atoms with E-state index in [0.29, 0.717) is 13.1 Å². The monoisotopic (exact) mass is 231 g/mol. The molecule has 0 unspecified atom stereocenters. The number of aliphatic hydroxyl groups is 1. The lowest BCUT2D eigenvalue weighted by atomic mass is 10.2. The fourth-order valence-corrected chi connectivity index (χ4v) is 1.62. The molecule has 1 rings (SSSR count). The van der Waals surface area contributed by atoms with E-state index < -0.39 is 5.60 Å². The molecule has 1 aliphatic rings. The summed E-state index contributed by atoms with van der Waals surface area (Å²) in [6, 6.07) is 0. The van der Waals surface area contributed by atoms with E-state index in [4.69, 9.17) is 14.6 Å². The second-order valence-corrected chi connectivity index (χ2v) is 5.14. The lowest BCUT2D eigenvalue weighted by Gasteiger charge is -2.36. The predicted molar refractivity (Wildman–Crippen MR) is 59.2 cm³/mol. The van der Waals surface area contributed by atoms with Gasteiger partial charge in [-0.05, 0) is 27.7 Å². The fourth-order valence-electron chi connectivity index (χ4n) is 1.62. The summed E-state index contributed by atoms with van der Waals surface area (Å²) in [6.45, 7) is 8.18. The van der Waals surface area contributed by atoms with Gasteiger partial charge in [-0.15, -0.1) is 0 Å². The third-order valence-corrected chi connectivity index (χ3v) is 2.18. The van der Waals surface area contributed by atoms with E-state index in [2.05, 4.69) is 0 Å². The molecule has 0 radical (unpaired) electrons. The highest BCUT2D eigenvalue weighted by molar-refractivity contribution is 5.68. The van der Waals surface area contributed by atoms with Crippen molar-refractivity contribution in [2.24, 2.45) is 0 Å². The summed E-state index contributed by atoms with van der Waals surface area (Å²) in [7, 11) is 0. The zero-order chi connectivity index (χ0) is 12.3. The van der Waals surface area contributed by atoms with Gasteiger partial charge in [-0.2, -0.15) is 0 Å². The van der Waals surface area contributed by atoms with Gasteiger partial charge in [-0.1, -0.05) is 0 Å². The third-order valence-electron chi connectivity index (χ3n) is 2.18. The van der Waals surface area contributed by atoms with Crippen LogP contribution in [0.2, 0.25) is 0 Å². The van der Waals surface area contributed by atoms with Gasteiger partial charge in [-0.25, -0.2) is 4.79 Å². The van der Waals surface area contributed by atoms with Crippen LogP contribution in [0.25, 0.3) is 0 Å². The van der Waals surface area contributed by atoms with E-state index in [-0.39, 0.29) is 24.9 Å². The van der Waals surface area contributed by atoms with Crippen molar-refractivity contribution in [3.05, 3.63) is 0 Å². The molecule has 0 saturated carbocycles. The molecule has 0 aromatic rings. The smallest absolute Gasteiger partial charge is 0.410 e. The first kappa shape index (κ1) is 13.3. The van der Waals surface area contributed by atoms with Crippen LogP contribution in [0.4, 0.5) is 4.79 Å². The summed E-state index contributed by atoms with van der Waals surface area (Å²) in [4.78, 5) is 13.4. The maximum absolute atomic E-state index is 11.8. The minimum atomic E-state index is -0.493. The first-order chi connectivity index (χ1) is 7.31. The number of carbonyl (C=O) groups excluding carboxylic acids is 1. The van der Waals surface area contributed by atoms with E-state index in [1.807, 2.05) is 27.7 Å². The Morgan fingerprint density at radius 1 is 1.50 bits per heavy atom. The Labute approximate surface area is 96.3 Å². The SMILES string of the molecule is C[C@@H]1CN(C(=O)OC(C)(C)C)C[C@@H](CO)O1. The number of rotatable bonds is 1. The molecule has 1 aliphatic heterocycles. The van der Waals surface area contributed by atoms with Crippen LogP contribution in [0.1, 0.15) is 27.7 Å². The van der Waals surface area contributed by atoms with E-state index in [0.717, 1.165) is 0 Å². The first-order valence-corrected chi connectivity index (χ1v) is 5.56. The Hall–Kier alpha value is -0.810. The average molecular weight is 231 g/mol. The molecule has 5 nitrogen and oxygen atoms in total. The molecule has 16 heavy (non-hydrogen) atoms. The molecular formula is C11H21NO4. The molecule has 1 amide bonds. The number of aliphatic hydroxyl groups excluding tert-OH is 1. The minimum Gasteiger partial charge on any atom is -0.444 e. The van der Waals surface area contributed by atoms with Crippen LogP contribution in [-0.4, -0.2) is 53.6 Å². The number of morpholine rings is 1. The molecule has 1 saturated heterocycles. The van der Waals surface area contributed by atoms with Crippen LogP contribution in [-0.2, 0) is 9.47 Å². The van der Waals surface area contributed by atoms with Crippen molar-refractivity contribution in [3.63, 3.8) is 0 Å². The highest BCUT2D eigenvalue weighted by Crippen LogP contribution is 2.15. The third kappa shape index (κ3) is 3.98. The molecule has 1 heterocycles. The largest absolute Gasteiger partial charge is 0.444 e. The lowest BCUT2D eigenvalue weighted by molar-refractivity contribution is -0.0956. The highest BCUT2D eigenvalue weighted by atomic mass is 16.6. The van der Waals surface area contributed by atoms with Crippen molar-refractivity contribution < 1.29 is 19.4 Å². The topological polar surface area (TPSA) is 59.0 Å². The standard InChI is InChI=1S/C11H21NO4/c1-8-5-12(6-9(7-13)15-8)10(14)16-11(2,3)4/h8-9,13H,5-7H2,1-4H3/t8-,9+/m1/s1. The summed E-state index contributed by atoms with van der Waals surface area (Å²) in [5, 5.41) is 9.04. The molecule has 2 atom stereocenters. The molecule has 94 valence electrons. The summed E-state index contributed by atoms with van der Waals surface area (Å²) in [5.41, 5.74) is -0.493. The quantitative estimate of drug-likeness (QED) is 0.731. The molecule has 0 bridgehead atoms. The Kier molecular flexibility index (Phi) is 4.15. The van der Waals surface area contributed by atoms with Gasteiger partial charge in [0, 0.05) is 0 Å². The van der Waals surface area contributed by atoms with E-state index in [9.17, 15) is 4.79 Å². The summed E-state index contributed by atoms with van der Waals surface area (Å²) >= 11 is 0. The Balaban J connectivity index is 2.55. The van der Waals surface area contributed by atoms with Crippen LogP contribution < -0.4 is 0 Å². The normalized spacial score (nSPS) is 26.7. The molecule has 0 aromatic carbocycles. The van der Waals surface area contributed by atoms with Crippen molar-refractivity contribution in [2.75, 3.05) is 19.7 Å². The highest BCUT2D eigenvalue weighted by Gasteiger charge is 2.30. The van der Waals surface area contributed by atoms with E-state index in [1.165, 1.54) is 0 Å². The second kappa shape index (κ2) is 5.01. The van der Waals surface area contributed by atoms with Crippen LogP contribution >= 0.6 is 0 Å². The maximum Gasteiger partial charge on any atom is 0.410 e. The molecule has 0 aliphatic carbocycles. The summed E-state index contributed by atoms with van der Waals surface area (Å²) in [6.07, 6.45) is -0.726. The predicted octanol–water partition coefficient (Wildman–Crippen LogP) is 1.00. The Bertz CT molecular complexity index is 249. The van der Waals surface area contributed by atoms with Gasteiger partial charge in [0.25, 0.3) is 0 Å². The van der Waals surface area contributed by atoms with Gasteiger partial charge in [0.2, 0.25) is 0 Å². The van der Waals surface area contributed by atoms with E-state index in [1.54, 1.807) is 4.90 Å². The lowest BCUT2D eigenvalue weighted by Crippen LogP contribution is -2.51. The number of ether oxygens (including phenoxy) is 2. The molecule has 0 aromatic heterocycles. The minimum absolute atomic E-state index is 0.0709. The maximum atomic E-state index is 11.8. The molecular weight excluding hydrogens is 210 g/mol. The van der Waals surface area contributed by atoms with Crippen molar-refractivity contribution >= 4 is 6.09 Å². The number of nitrogens with zero attached hydrogens (tertiary/aromatic N) is 1. The van der Waals surface area contributed by atoms with E-state index >= 15 is 0 Å². The van der Waals surface area contributed by atoms with Crippen molar-refractivity contribution in [3.8, 4) is 0 Å². The fraction of sp³-hybridized carbons (Fsp3) is 0.909. The van der Waals surface area contributed by atoms with Gasteiger partial charge < -0.3 is 19.5 Å². The van der Waals surface area contributed by atoms with Gasteiger partial charge >= 0.3 is 6.09 Å². The summed E-state index contributed by atoms with van der Waals surface area (Å²) < 4.78 is 10.7. The van der Waals surface area contributed by atoms with Gasteiger partial charge in [0.15, 0.2) is 0 Å². The number of amides is 1. The van der Waals surface area contributed by atoms with Crippen LogP contribution in [0.3, 0.4) is 0 Å². The van der Waals surface area contributed by atoms with Gasteiger partial charge in [-0.3, -0.25) is 0 Å². The Morgan fingerprint density at radius 3 is 2.62 bits per heavy atom. The molecule has 0 spiro atoms. The second-order valence-electron chi connectivity index (χ2n) is 5.14. The molecule has 1 fully saturated rings. The zero-order valence-electron chi connectivity index (χ0n) is 10.4.